The largest absolute Gasteiger partial charge is 0.303 e. The fraction of sp³-hybridized carbons (Fsp3) is 0.917. The van der Waals surface area contributed by atoms with Crippen molar-refractivity contribution in [1.29, 1.82) is 0 Å². The second-order valence-electron chi connectivity index (χ2n) is 4.86. The summed E-state index contributed by atoms with van der Waals surface area (Å²) < 4.78 is 0. The molecule has 0 saturated carbocycles. The van der Waals surface area contributed by atoms with Gasteiger partial charge < -0.3 is 4.90 Å². The third kappa shape index (κ3) is 3.79. The Bertz CT molecular complexity index is 181. The van der Waals surface area contributed by atoms with E-state index in [1.54, 1.807) is 0 Å². The van der Waals surface area contributed by atoms with Gasteiger partial charge in [-0.3, -0.25) is 4.79 Å². The van der Waals surface area contributed by atoms with Crippen LogP contribution in [0.5, 0.6) is 0 Å². The molecule has 0 rings (SSSR count). The molecule has 2 nitrogen and oxygen atoms in total. The molecule has 0 amide bonds. The Kier molecular flexibility index (Phi) is 5.35. The van der Waals surface area contributed by atoms with E-state index in [0.717, 1.165) is 19.6 Å². The minimum atomic E-state index is -0.208. The van der Waals surface area contributed by atoms with Gasteiger partial charge in [0.15, 0.2) is 0 Å². The van der Waals surface area contributed by atoms with Gasteiger partial charge in [0.25, 0.3) is 0 Å². The highest BCUT2D eigenvalue weighted by Gasteiger charge is 2.30. The van der Waals surface area contributed by atoms with Gasteiger partial charge in [-0.25, -0.2) is 0 Å². The Morgan fingerprint density at radius 1 is 1.21 bits per heavy atom. The monoisotopic (exact) mass is 199 g/mol. The lowest BCUT2D eigenvalue weighted by Gasteiger charge is -2.31. The van der Waals surface area contributed by atoms with Gasteiger partial charge in [0.2, 0.25) is 0 Å². The van der Waals surface area contributed by atoms with Crippen molar-refractivity contribution < 1.29 is 4.79 Å². The Labute approximate surface area is 88.7 Å². The topological polar surface area (TPSA) is 20.3 Å². The van der Waals surface area contributed by atoms with Gasteiger partial charge in [-0.15, -0.1) is 0 Å². The van der Waals surface area contributed by atoms with Crippen LogP contribution in [0.4, 0.5) is 0 Å². The SMILES string of the molecule is CCN(CC)CC(C)(C)C(=O)C(C)C. The summed E-state index contributed by atoms with van der Waals surface area (Å²) in [5.74, 6) is 0.505. The maximum Gasteiger partial charge on any atom is 0.142 e. The molecule has 0 aliphatic heterocycles. The zero-order valence-electron chi connectivity index (χ0n) is 10.6. The van der Waals surface area contributed by atoms with Gasteiger partial charge in [0, 0.05) is 17.9 Å². The molecule has 2 heteroatoms. The van der Waals surface area contributed by atoms with Crippen LogP contribution in [0.25, 0.3) is 0 Å². The maximum atomic E-state index is 11.9. The highest BCUT2D eigenvalue weighted by Crippen LogP contribution is 2.22. The highest BCUT2D eigenvalue weighted by molar-refractivity contribution is 5.85. The van der Waals surface area contributed by atoms with Gasteiger partial charge in [0.1, 0.15) is 5.78 Å². The van der Waals surface area contributed by atoms with Crippen molar-refractivity contribution in [3.05, 3.63) is 0 Å². The lowest BCUT2D eigenvalue weighted by Crippen LogP contribution is -2.40. The Hall–Kier alpha value is -0.370. The average molecular weight is 199 g/mol. The van der Waals surface area contributed by atoms with Crippen molar-refractivity contribution in [3.8, 4) is 0 Å². The second-order valence-corrected chi connectivity index (χ2v) is 4.86. The van der Waals surface area contributed by atoms with E-state index in [1.807, 2.05) is 27.7 Å². The van der Waals surface area contributed by atoms with E-state index in [1.165, 1.54) is 0 Å². The van der Waals surface area contributed by atoms with Gasteiger partial charge in [0.05, 0.1) is 0 Å². The molecule has 84 valence electrons. The number of carbonyl (C=O) groups excluding carboxylic acids is 1. The van der Waals surface area contributed by atoms with Crippen LogP contribution < -0.4 is 0 Å². The van der Waals surface area contributed by atoms with Crippen LogP contribution in [0.3, 0.4) is 0 Å². The van der Waals surface area contributed by atoms with E-state index in [0.29, 0.717) is 5.78 Å². The minimum Gasteiger partial charge on any atom is -0.303 e. The van der Waals surface area contributed by atoms with Crippen LogP contribution in [0.1, 0.15) is 41.5 Å². The van der Waals surface area contributed by atoms with Crippen LogP contribution in [0.2, 0.25) is 0 Å². The van der Waals surface area contributed by atoms with Crippen molar-refractivity contribution in [1.82, 2.24) is 4.90 Å². The van der Waals surface area contributed by atoms with Gasteiger partial charge in [-0.2, -0.15) is 0 Å². The second kappa shape index (κ2) is 5.50. The molecular formula is C12H25NO. The summed E-state index contributed by atoms with van der Waals surface area (Å²) in [6, 6.07) is 0. The van der Waals surface area contributed by atoms with Gasteiger partial charge >= 0.3 is 0 Å². The van der Waals surface area contributed by atoms with Crippen LogP contribution in [0, 0.1) is 11.3 Å². The molecule has 0 unspecified atom stereocenters. The summed E-state index contributed by atoms with van der Waals surface area (Å²) in [5.41, 5.74) is -0.208. The first-order valence-electron chi connectivity index (χ1n) is 5.61. The van der Waals surface area contributed by atoms with Crippen molar-refractivity contribution >= 4 is 5.78 Å². The number of Topliss-reactive ketones (excluding diaryl/α,β-unsaturated/α-hetero) is 1. The van der Waals surface area contributed by atoms with Crippen molar-refractivity contribution in [2.75, 3.05) is 19.6 Å². The molecule has 0 saturated heterocycles. The van der Waals surface area contributed by atoms with E-state index in [-0.39, 0.29) is 11.3 Å². The van der Waals surface area contributed by atoms with Crippen molar-refractivity contribution in [2.24, 2.45) is 11.3 Å². The molecule has 0 heterocycles. The smallest absolute Gasteiger partial charge is 0.142 e. The predicted molar refractivity (Wildman–Crippen MR) is 61.4 cm³/mol. The van der Waals surface area contributed by atoms with Gasteiger partial charge in [-0.1, -0.05) is 41.5 Å². The Morgan fingerprint density at radius 2 is 1.64 bits per heavy atom. The molecule has 0 radical (unpaired) electrons. The van der Waals surface area contributed by atoms with E-state index in [9.17, 15) is 4.79 Å². The minimum absolute atomic E-state index is 0.139. The van der Waals surface area contributed by atoms with E-state index in [4.69, 9.17) is 0 Å². The van der Waals surface area contributed by atoms with Crippen LogP contribution in [-0.4, -0.2) is 30.3 Å². The van der Waals surface area contributed by atoms with Crippen molar-refractivity contribution in [2.45, 2.75) is 41.5 Å². The first-order chi connectivity index (χ1) is 6.35. The third-order valence-electron chi connectivity index (χ3n) is 2.70. The molecule has 0 atom stereocenters. The number of rotatable bonds is 6. The molecule has 0 aliphatic rings. The molecule has 0 spiro atoms. The molecule has 0 N–H and O–H groups in total. The zero-order chi connectivity index (χ0) is 11.4. The first-order valence-corrected chi connectivity index (χ1v) is 5.61. The third-order valence-corrected chi connectivity index (χ3v) is 2.70. The number of ketones is 1. The standard InChI is InChI=1S/C12H25NO/c1-7-13(8-2)9-12(5,6)11(14)10(3)4/h10H,7-9H2,1-6H3. The van der Waals surface area contributed by atoms with Crippen LogP contribution >= 0.6 is 0 Å². The average Bonchev–Trinajstić information content (AvgIpc) is 2.12. The molecule has 0 aromatic heterocycles. The summed E-state index contributed by atoms with van der Waals surface area (Å²) >= 11 is 0. The lowest BCUT2D eigenvalue weighted by molar-refractivity contribution is -0.131. The molecule has 14 heavy (non-hydrogen) atoms. The van der Waals surface area contributed by atoms with E-state index < -0.39 is 0 Å². The summed E-state index contributed by atoms with van der Waals surface area (Å²) in [7, 11) is 0. The molecule has 0 aromatic carbocycles. The fourth-order valence-corrected chi connectivity index (χ4v) is 1.87. The Morgan fingerprint density at radius 3 is 1.93 bits per heavy atom. The normalized spacial score (nSPS) is 12.6. The predicted octanol–water partition coefficient (Wildman–Crippen LogP) is 2.58. The summed E-state index contributed by atoms with van der Waals surface area (Å²) in [6.45, 7) is 15.2. The first kappa shape index (κ1) is 13.6. The van der Waals surface area contributed by atoms with Crippen LogP contribution in [0.15, 0.2) is 0 Å². The molecule has 0 bridgehead atoms. The van der Waals surface area contributed by atoms with Crippen LogP contribution in [-0.2, 0) is 4.79 Å². The number of hydrogen-bond donors (Lipinski definition) is 0. The molecular weight excluding hydrogens is 174 g/mol. The molecule has 0 aliphatic carbocycles. The number of carbonyl (C=O) groups is 1. The lowest BCUT2D eigenvalue weighted by atomic mass is 9.82. The molecule has 0 fully saturated rings. The van der Waals surface area contributed by atoms with E-state index >= 15 is 0 Å². The quantitative estimate of drug-likeness (QED) is 0.655. The van der Waals surface area contributed by atoms with Crippen molar-refractivity contribution in [3.63, 3.8) is 0 Å². The number of hydrogen-bond acceptors (Lipinski definition) is 2. The number of nitrogens with zero attached hydrogens (tertiary/aromatic N) is 1. The summed E-state index contributed by atoms with van der Waals surface area (Å²) in [5, 5.41) is 0. The summed E-state index contributed by atoms with van der Waals surface area (Å²) in [4.78, 5) is 14.2. The highest BCUT2D eigenvalue weighted by atomic mass is 16.1. The van der Waals surface area contributed by atoms with E-state index in [2.05, 4.69) is 18.7 Å². The fourth-order valence-electron chi connectivity index (χ4n) is 1.87. The van der Waals surface area contributed by atoms with Gasteiger partial charge in [-0.05, 0) is 13.1 Å². The maximum absolute atomic E-state index is 11.9. The Balaban J connectivity index is 4.38. The molecule has 0 aromatic rings. The summed E-state index contributed by atoms with van der Waals surface area (Å²) in [6.07, 6.45) is 0. The zero-order valence-corrected chi connectivity index (χ0v) is 10.6.